The van der Waals surface area contributed by atoms with E-state index in [1.807, 2.05) is 0 Å². The van der Waals surface area contributed by atoms with Crippen LogP contribution in [-0.2, 0) is 0 Å². The van der Waals surface area contributed by atoms with Crippen molar-refractivity contribution in [3.63, 3.8) is 0 Å². The zero-order valence-electron chi connectivity index (χ0n) is 10.9. The first-order valence-corrected chi connectivity index (χ1v) is 6.88. The molecule has 15 heavy (non-hydrogen) atoms. The lowest BCUT2D eigenvalue weighted by Crippen LogP contribution is -2.25. The van der Waals surface area contributed by atoms with E-state index in [2.05, 4.69) is 26.8 Å². The molecular weight excluding hydrogens is 180 g/mol. The van der Waals surface area contributed by atoms with Crippen LogP contribution in [0.4, 0.5) is 0 Å². The Morgan fingerprint density at radius 1 is 1.07 bits per heavy atom. The molecule has 0 bridgehead atoms. The predicted molar refractivity (Wildman–Crippen MR) is 69.1 cm³/mol. The van der Waals surface area contributed by atoms with E-state index >= 15 is 0 Å². The summed E-state index contributed by atoms with van der Waals surface area (Å²) < 4.78 is 0. The third-order valence-corrected chi connectivity index (χ3v) is 3.85. The van der Waals surface area contributed by atoms with Crippen LogP contribution in [-0.4, -0.2) is 0 Å². The lowest BCUT2D eigenvalue weighted by molar-refractivity contribution is 0.168. The molecule has 1 saturated carbocycles. The third kappa shape index (κ3) is 4.01. The van der Waals surface area contributed by atoms with Gasteiger partial charge in [-0.2, -0.15) is 0 Å². The molecule has 0 aliphatic heterocycles. The van der Waals surface area contributed by atoms with E-state index in [4.69, 9.17) is 0 Å². The Balaban J connectivity index is 0.000000337. The van der Waals surface area contributed by atoms with Gasteiger partial charge in [0.15, 0.2) is 0 Å². The first kappa shape index (κ1) is 12.8. The Kier molecular flexibility index (Phi) is 5.42. The summed E-state index contributed by atoms with van der Waals surface area (Å²) >= 11 is 0. The molecule has 0 N–H and O–H groups in total. The summed E-state index contributed by atoms with van der Waals surface area (Å²) in [6.07, 6.45) is 15.5. The highest BCUT2D eigenvalue weighted by Crippen LogP contribution is 2.46. The first-order valence-electron chi connectivity index (χ1n) is 6.88. The van der Waals surface area contributed by atoms with E-state index < -0.39 is 0 Å². The number of hydrogen-bond acceptors (Lipinski definition) is 0. The van der Waals surface area contributed by atoms with Crippen LogP contribution in [0.15, 0.2) is 11.6 Å². The molecule has 2 aliphatic rings. The van der Waals surface area contributed by atoms with Crippen molar-refractivity contribution in [2.24, 2.45) is 5.41 Å². The molecule has 1 spiro atoms. The van der Waals surface area contributed by atoms with Crippen LogP contribution in [0, 0.1) is 5.41 Å². The van der Waals surface area contributed by atoms with Crippen molar-refractivity contribution in [2.45, 2.75) is 78.6 Å². The van der Waals surface area contributed by atoms with Gasteiger partial charge in [-0.15, -0.1) is 0 Å². The minimum Gasteiger partial charge on any atom is -0.0851 e. The van der Waals surface area contributed by atoms with E-state index in [-0.39, 0.29) is 0 Å². The Morgan fingerprint density at radius 2 is 1.67 bits per heavy atom. The van der Waals surface area contributed by atoms with Crippen molar-refractivity contribution in [1.29, 1.82) is 0 Å². The first-order chi connectivity index (χ1) is 7.22. The fourth-order valence-electron chi connectivity index (χ4n) is 2.81. The second-order valence-corrected chi connectivity index (χ2v) is 5.52. The standard InChI is InChI=1S/C12H20.C3H8/c1-11-5-9-12(10-6-11)7-3-2-4-8-12;1-3-2/h5H,2-4,6-10H2,1H3;3H2,1-2H3. The second-order valence-electron chi connectivity index (χ2n) is 5.52. The van der Waals surface area contributed by atoms with Gasteiger partial charge in [0.1, 0.15) is 0 Å². The predicted octanol–water partition coefficient (Wildman–Crippen LogP) is 5.48. The van der Waals surface area contributed by atoms with Gasteiger partial charge in [0.2, 0.25) is 0 Å². The number of hydrogen-bond donors (Lipinski definition) is 0. The summed E-state index contributed by atoms with van der Waals surface area (Å²) in [5.41, 5.74) is 2.39. The highest BCUT2D eigenvalue weighted by molar-refractivity contribution is 5.07. The monoisotopic (exact) mass is 208 g/mol. The van der Waals surface area contributed by atoms with Gasteiger partial charge in [-0.25, -0.2) is 0 Å². The molecule has 0 radical (unpaired) electrons. The maximum atomic E-state index is 2.49. The molecule has 0 nitrogen and oxygen atoms in total. The van der Waals surface area contributed by atoms with Crippen molar-refractivity contribution < 1.29 is 0 Å². The summed E-state index contributed by atoms with van der Waals surface area (Å²) in [6.45, 7) is 6.54. The van der Waals surface area contributed by atoms with Crippen LogP contribution < -0.4 is 0 Å². The van der Waals surface area contributed by atoms with Crippen LogP contribution in [0.3, 0.4) is 0 Å². The zero-order valence-corrected chi connectivity index (χ0v) is 10.9. The number of rotatable bonds is 0. The molecular formula is C15H28. The molecule has 0 saturated heterocycles. The summed E-state index contributed by atoms with van der Waals surface area (Å²) in [4.78, 5) is 0. The van der Waals surface area contributed by atoms with E-state index in [1.54, 1.807) is 5.57 Å². The van der Waals surface area contributed by atoms with Gasteiger partial charge in [0.05, 0.1) is 0 Å². The van der Waals surface area contributed by atoms with Crippen molar-refractivity contribution in [3.05, 3.63) is 11.6 Å². The normalized spacial score (nSPS) is 24.1. The Bertz CT molecular complexity index is 194. The van der Waals surface area contributed by atoms with Gasteiger partial charge in [-0.1, -0.05) is 51.2 Å². The zero-order chi connectivity index (χ0) is 11.1. The van der Waals surface area contributed by atoms with Crippen LogP contribution in [0.5, 0.6) is 0 Å². The van der Waals surface area contributed by atoms with Crippen LogP contribution >= 0.6 is 0 Å². The van der Waals surface area contributed by atoms with E-state index in [9.17, 15) is 0 Å². The largest absolute Gasteiger partial charge is 0.0851 e. The van der Waals surface area contributed by atoms with E-state index in [1.165, 1.54) is 57.8 Å². The summed E-state index contributed by atoms with van der Waals surface area (Å²) in [5.74, 6) is 0. The second kappa shape index (κ2) is 6.35. The molecule has 0 heterocycles. The van der Waals surface area contributed by atoms with Gasteiger partial charge in [0.25, 0.3) is 0 Å². The van der Waals surface area contributed by atoms with Crippen LogP contribution in [0.25, 0.3) is 0 Å². The molecule has 2 aliphatic carbocycles. The molecule has 88 valence electrons. The summed E-state index contributed by atoms with van der Waals surface area (Å²) in [6, 6.07) is 0. The maximum Gasteiger partial charge on any atom is -0.0260 e. The molecule has 0 unspecified atom stereocenters. The average molecular weight is 208 g/mol. The Morgan fingerprint density at radius 3 is 2.13 bits per heavy atom. The molecule has 0 amide bonds. The van der Waals surface area contributed by atoms with Gasteiger partial charge in [0, 0.05) is 0 Å². The van der Waals surface area contributed by atoms with Crippen molar-refractivity contribution in [1.82, 2.24) is 0 Å². The maximum absolute atomic E-state index is 2.49. The molecule has 0 heteroatoms. The quantitative estimate of drug-likeness (QED) is 0.462. The molecule has 0 aromatic carbocycles. The van der Waals surface area contributed by atoms with Gasteiger partial charge in [-0.3, -0.25) is 0 Å². The topological polar surface area (TPSA) is 0 Å². The average Bonchev–Trinajstić information content (AvgIpc) is 2.26. The Labute approximate surface area is 96.2 Å². The number of allylic oxidation sites excluding steroid dienone is 2. The summed E-state index contributed by atoms with van der Waals surface area (Å²) in [5, 5.41) is 0. The summed E-state index contributed by atoms with van der Waals surface area (Å²) in [7, 11) is 0. The van der Waals surface area contributed by atoms with Crippen molar-refractivity contribution in [2.75, 3.05) is 0 Å². The SMILES string of the molecule is CC1=CCC2(CCCCC2)CC1.CCC. The minimum atomic E-state index is 0.762. The fraction of sp³-hybridized carbons (Fsp3) is 0.867. The smallest absolute Gasteiger partial charge is 0.0260 e. The van der Waals surface area contributed by atoms with Crippen molar-refractivity contribution in [3.8, 4) is 0 Å². The highest BCUT2D eigenvalue weighted by Gasteiger charge is 2.32. The third-order valence-electron chi connectivity index (χ3n) is 3.85. The van der Waals surface area contributed by atoms with Crippen molar-refractivity contribution >= 4 is 0 Å². The highest BCUT2D eigenvalue weighted by atomic mass is 14.4. The molecule has 1 fully saturated rings. The lowest BCUT2D eigenvalue weighted by Gasteiger charge is -2.39. The van der Waals surface area contributed by atoms with Crippen LogP contribution in [0.1, 0.15) is 78.6 Å². The minimum absolute atomic E-state index is 0.762. The van der Waals surface area contributed by atoms with E-state index in [0.29, 0.717) is 0 Å². The van der Waals surface area contributed by atoms with Gasteiger partial charge >= 0.3 is 0 Å². The lowest BCUT2D eigenvalue weighted by atomic mass is 9.66. The van der Waals surface area contributed by atoms with Crippen LogP contribution in [0.2, 0.25) is 0 Å². The van der Waals surface area contributed by atoms with Gasteiger partial charge < -0.3 is 0 Å². The fourth-order valence-corrected chi connectivity index (χ4v) is 2.81. The molecule has 0 atom stereocenters. The van der Waals surface area contributed by atoms with Gasteiger partial charge in [-0.05, 0) is 44.4 Å². The molecule has 0 aromatic heterocycles. The Hall–Kier alpha value is -0.260. The molecule has 0 aromatic rings. The molecule has 2 rings (SSSR count). The van der Waals surface area contributed by atoms with E-state index in [0.717, 1.165) is 5.41 Å².